The van der Waals surface area contributed by atoms with E-state index in [1.165, 1.54) is 12.1 Å². The lowest BCUT2D eigenvalue weighted by molar-refractivity contribution is 0.0522. The van der Waals surface area contributed by atoms with Gasteiger partial charge in [0.2, 0.25) is 0 Å². The Morgan fingerprint density at radius 1 is 1.32 bits per heavy atom. The fraction of sp³-hybridized carbons (Fsp3) is 0.409. The number of nitrogens with one attached hydrogen (secondary N) is 2. The monoisotopic (exact) mass is 429 g/mol. The highest BCUT2D eigenvalue weighted by atomic mass is 19.1. The fourth-order valence-electron chi connectivity index (χ4n) is 3.21. The van der Waals surface area contributed by atoms with Crippen molar-refractivity contribution in [2.75, 3.05) is 11.9 Å². The van der Waals surface area contributed by atoms with Crippen molar-refractivity contribution < 1.29 is 18.7 Å². The maximum atomic E-state index is 14.6. The number of aromatic nitrogens is 2. The summed E-state index contributed by atoms with van der Waals surface area (Å²) in [5.74, 6) is -0.0234. The molecule has 0 bridgehead atoms. The molecular formula is C22H28FN5O3. The van der Waals surface area contributed by atoms with Crippen LogP contribution in [0.25, 0.3) is 0 Å². The predicted molar refractivity (Wildman–Crippen MR) is 115 cm³/mol. The number of nitrogens with zero attached hydrogens (tertiary/aromatic N) is 3. The largest absolute Gasteiger partial charge is 0.444 e. The standard InChI is InChI=1S/C22H28FN5O3/c1-6-17-13-28(12-16-11-25-27(5)19(16)26-17)20(29)14-7-8-15(18(23)9-14)10-24-21(30)31-22(2,3)4/h6-9,11,26H,10,12-13H2,1-5H3,(H,24,30)/b17-6+. The number of hydrogen-bond acceptors (Lipinski definition) is 5. The lowest BCUT2D eigenvalue weighted by atomic mass is 10.1. The van der Waals surface area contributed by atoms with Crippen LogP contribution in [0.1, 0.15) is 49.2 Å². The van der Waals surface area contributed by atoms with Gasteiger partial charge in [-0.3, -0.25) is 9.48 Å². The number of carbonyl (C=O) groups excluding carboxylic acids is 2. The van der Waals surface area contributed by atoms with Gasteiger partial charge in [-0.05, 0) is 39.8 Å². The molecule has 1 aliphatic rings. The normalized spacial score (nSPS) is 15.2. The Morgan fingerprint density at radius 2 is 2.06 bits per heavy atom. The first kappa shape index (κ1) is 22.3. The van der Waals surface area contributed by atoms with Crippen molar-refractivity contribution in [2.24, 2.45) is 7.05 Å². The molecule has 0 saturated heterocycles. The molecule has 0 aliphatic carbocycles. The van der Waals surface area contributed by atoms with E-state index in [9.17, 15) is 14.0 Å². The van der Waals surface area contributed by atoms with E-state index in [0.29, 0.717) is 13.1 Å². The van der Waals surface area contributed by atoms with Gasteiger partial charge < -0.3 is 20.3 Å². The van der Waals surface area contributed by atoms with E-state index in [0.717, 1.165) is 17.1 Å². The summed E-state index contributed by atoms with van der Waals surface area (Å²) in [5, 5.41) is 10.1. The minimum atomic E-state index is -0.638. The number of fused-ring (bicyclic) bond motifs is 1. The second-order valence-corrected chi connectivity index (χ2v) is 8.40. The summed E-state index contributed by atoms with van der Waals surface area (Å²) >= 11 is 0. The lowest BCUT2D eigenvalue weighted by Crippen LogP contribution is -2.33. The van der Waals surface area contributed by atoms with Gasteiger partial charge in [0.25, 0.3) is 5.91 Å². The van der Waals surface area contributed by atoms with Crippen LogP contribution in [0.2, 0.25) is 0 Å². The minimum absolute atomic E-state index is 0.0371. The molecule has 0 fully saturated rings. The second-order valence-electron chi connectivity index (χ2n) is 8.40. The molecule has 8 nitrogen and oxygen atoms in total. The van der Waals surface area contributed by atoms with Crippen LogP contribution in [0.15, 0.2) is 36.2 Å². The summed E-state index contributed by atoms with van der Waals surface area (Å²) in [4.78, 5) is 26.5. The highest BCUT2D eigenvalue weighted by Crippen LogP contribution is 2.24. The average molecular weight is 429 g/mol. The van der Waals surface area contributed by atoms with Crippen LogP contribution in [0.4, 0.5) is 15.0 Å². The van der Waals surface area contributed by atoms with Gasteiger partial charge in [0.05, 0.1) is 19.3 Å². The van der Waals surface area contributed by atoms with Crippen molar-refractivity contribution in [1.82, 2.24) is 20.0 Å². The minimum Gasteiger partial charge on any atom is -0.444 e. The van der Waals surface area contributed by atoms with Crippen LogP contribution in [-0.2, 0) is 24.9 Å². The third-order valence-corrected chi connectivity index (χ3v) is 4.77. The molecule has 0 saturated carbocycles. The Balaban J connectivity index is 1.73. The van der Waals surface area contributed by atoms with E-state index >= 15 is 0 Å². The van der Waals surface area contributed by atoms with Crippen molar-refractivity contribution >= 4 is 17.8 Å². The van der Waals surface area contributed by atoms with Gasteiger partial charge in [0, 0.05) is 36.0 Å². The summed E-state index contributed by atoms with van der Waals surface area (Å²) in [7, 11) is 1.83. The number of carbonyl (C=O) groups is 2. The SMILES string of the molecule is C/C=C1\CN(C(=O)c2ccc(CNC(=O)OC(C)(C)C)c(F)c2)Cc2cnn(C)c2N1. The fourth-order valence-corrected chi connectivity index (χ4v) is 3.21. The molecule has 0 atom stereocenters. The zero-order valence-electron chi connectivity index (χ0n) is 18.5. The number of aryl methyl sites for hydroxylation is 1. The van der Waals surface area contributed by atoms with Crippen LogP contribution in [0.3, 0.4) is 0 Å². The molecule has 0 radical (unpaired) electrons. The molecule has 9 heteroatoms. The first-order valence-electron chi connectivity index (χ1n) is 10.0. The maximum Gasteiger partial charge on any atom is 0.407 e. The van der Waals surface area contributed by atoms with Gasteiger partial charge in [-0.2, -0.15) is 5.10 Å². The van der Waals surface area contributed by atoms with E-state index in [-0.39, 0.29) is 23.6 Å². The molecular weight excluding hydrogens is 401 g/mol. The van der Waals surface area contributed by atoms with E-state index in [2.05, 4.69) is 15.7 Å². The second kappa shape index (κ2) is 8.79. The van der Waals surface area contributed by atoms with Crippen LogP contribution >= 0.6 is 0 Å². The van der Waals surface area contributed by atoms with Gasteiger partial charge in [0.15, 0.2) is 0 Å². The van der Waals surface area contributed by atoms with Gasteiger partial charge in [-0.1, -0.05) is 12.1 Å². The maximum absolute atomic E-state index is 14.6. The molecule has 1 aromatic carbocycles. The van der Waals surface area contributed by atoms with Crippen molar-refractivity contribution in [2.45, 2.75) is 46.4 Å². The molecule has 3 rings (SSSR count). The first-order chi connectivity index (χ1) is 14.6. The van der Waals surface area contributed by atoms with Crippen molar-refractivity contribution in [3.05, 3.63) is 58.7 Å². The summed E-state index contributed by atoms with van der Waals surface area (Å²) in [5.41, 5.74) is 1.60. The molecule has 2 N–H and O–H groups in total. The highest BCUT2D eigenvalue weighted by Gasteiger charge is 2.25. The Bertz CT molecular complexity index is 1020. The number of amides is 2. The first-order valence-corrected chi connectivity index (χ1v) is 10.0. The van der Waals surface area contributed by atoms with Gasteiger partial charge >= 0.3 is 6.09 Å². The van der Waals surface area contributed by atoms with Crippen molar-refractivity contribution in [3.8, 4) is 0 Å². The van der Waals surface area contributed by atoms with Crippen molar-refractivity contribution in [3.63, 3.8) is 0 Å². The number of alkyl carbamates (subject to hydrolysis) is 1. The highest BCUT2D eigenvalue weighted by molar-refractivity contribution is 5.94. The third kappa shape index (κ3) is 5.42. The third-order valence-electron chi connectivity index (χ3n) is 4.77. The Morgan fingerprint density at radius 3 is 2.71 bits per heavy atom. The molecule has 2 amide bonds. The van der Waals surface area contributed by atoms with Crippen LogP contribution in [-0.4, -0.2) is 38.8 Å². The molecule has 0 unspecified atom stereocenters. The average Bonchev–Trinajstić information content (AvgIpc) is 2.92. The lowest BCUT2D eigenvalue weighted by Gasteiger charge is -2.21. The van der Waals surface area contributed by atoms with E-state index in [4.69, 9.17) is 4.74 Å². The number of halogens is 1. The molecule has 1 aromatic heterocycles. The number of benzene rings is 1. The Labute approximate surface area is 181 Å². The summed E-state index contributed by atoms with van der Waals surface area (Å²) in [6.07, 6.45) is 2.98. The van der Waals surface area contributed by atoms with E-state index in [1.807, 2.05) is 20.0 Å². The number of rotatable bonds is 3. The molecule has 0 spiro atoms. The summed E-state index contributed by atoms with van der Waals surface area (Å²) in [6.45, 7) is 7.82. The number of allylic oxidation sites excluding steroid dienone is 1. The van der Waals surface area contributed by atoms with Gasteiger partial charge in [-0.15, -0.1) is 0 Å². The van der Waals surface area contributed by atoms with Gasteiger partial charge in [0.1, 0.15) is 17.2 Å². The van der Waals surface area contributed by atoms with Crippen LogP contribution in [0.5, 0.6) is 0 Å². The van der Waals surface area contributed by atoms with Crippen molar-refractivity contribution in [1.29, 1.82) is 0 Å². The van der Waals surface area contributed by atoms with E-state index in [1.54, 1.807) is 42.6 Å². The quantitative estimate of drug-likeness (QED) is 0.779. The Kier molecular flexibility index (Phi) is 6.33. The van der Waals surface area contributed by atoms with Gasteiger partial charge in [-0.25, -0.2) is 9.18 Å². The van der Waals surface area contributed by atoms with Crippen LogP contribution in [0, 0.1) is 5.82 Å². The zero-order valence-corrected chi connectivity index (χ0v) is 18.5. The number of anilines is 1. The summed E-state index contributed by atoms with van der Waals surface area (Å²) in [6, 6.07) is 4.27. The molecule has 1 aliphatic heterocycles. The Hall–Kier alpha value is -3.36. The number of hydrogen-bond donors (Lipinski definition) is 2. The molecule has 2 heterocycles. The molecule has 31 heavy (non-hydrogen) atoms. The zero-order chi connectivity index (χ0) is 22.8. The topological polar surface area (TPSA) is 88.5 Å². The predicted octanol–water partition coefficient (Wildman–Crippen LogP) is 3.56. The smallest absolute Gasteiger partial charge is 0.407 e. The summed E-state index contributed by atoms with van der Waals surface area (Å²) < 4.78 is 21.5. The van der Waals surface area contributed by atoms with E-state index < -0.39 is 17.5 Å². The van der Waals surface area contributed by atoms with Crippen LogP contribution < -0.4 is 10.6 Å². The molecule has 166 valence electrons. The molecule has 2 aromatic rings. The number of ether oxygens (including phenoxy) is 1.